The number of hydrazine groups is 1. The highest BCUT2D eigenvalue weighted by atomic mass is 16.2. The number of nitrogens with zero attached hydrogens (tertiary/aromatic N) is 3. The SMILES string of the molecule is Cc1cc(C2NNC3CC4NC(=O)N([C@@H]5CCCN(CCc6ccccc6)C5)CC4CC32)ccn1. The normalized spacial score (nSPS) is 33.2. The average Bonchev–Trinajstić information content (AvgIpc) is 3.29. The number of rotatable bonds is 5. The average molecular weight is 475 g/mol. The molecule has 6 atom stereocenters. The minimum absolute atomic E-state index is 0.145. The van der Waals surface area contributed by atoms with E-state index in [1.165, 1.54) is 17.5 Å². The highest BCUT2D eigenvalue weighted by Gasteiger charge is 2.48. The quantitative estimate of drug-likeness (QED) is 0.621. The van der Waals surface area contributed by atoms with Gasteiger partial charge in [-0.2, -0.15) is 0 Å². The first-order chi connectivity index (χ1) is 17.1. The molecule has 1 saturated carbocycles. The van der Waals surface area contributed by atoms with Crippen molar-refractivity contribution in [3.63, 3.8) is 0 Å². The van der Waals surface area contributed by atoms with Gasteiger partial charge in [0.1, 0.15) is 0 Å². The molecule has 7 heteroatoms. The summed E-state index contributed by atoms with van der Waals surface area (Å²) in [5.41, 5.74) is 10.9. The summed E-state index contributed by atoms with van der Waals surface area (Å²) in [6, 6.07) is 16.5. The number of likely N-dealkylation sites (tertiary alicyclic amines) is 1. The summed E-state index contributed by atoms with van der Waals surface area (Å²) in [6.45, 7) is 6.14. The summed E-state index contributed by atoms with van der Waals surface area (Å²) >= 11 is 0. The minimum Gasteiger partial charge on any atom is -0.335 e. The summed E-state index contributed by atoms with van der Waals surface area (Å²) in [6.07, 6.45) is 7.39. The predicted molar refractivity (Wildman–Crippen MR) is 137 cm³/mol. The lowest BCUT2D eigenvalue weighted by Gasteiger charge is -2.49. The molecule has 7 nitrogen and oxygen atoms in total. The van der Waals surface area contributed by atoms with Crippen LogP contribution in [0, 0.1) is 18.8 Å². The van der Waals surface area contributed by atoms with Crippen molar-refractivity contribution in [3.8, 4) is 0 Å². The van der Waals surface area contributed by atoms with Gasteiger partial charge in [-0.3, -0.25) is 10.4 Å². The number of pyridine rings is 1. The maximum absolute atomic E-state index is 13.2. The molecule has 4 heterocycles. The van der Waals surface area contributed by atoms with Crippen LogP contribution in [0.3, 0.4) is 0 Å². The molecule has 0 radical (unpaired) electrons. The van der Waals surface area contributed by atoms with Gasteiger partial charge in [0.05, 0.1) is 6.04 Å². The molecule has 4 fully saturated rings. The van der Waals surface area contributed by atoms with Gasteiger partial charge in [0.25, 0.3) is 0 Å². The van der Waals surface area contributed by atoms with E-state index in [2.05, 4.69) is 80.3 Å². The van der Waals surface area contributed by atoms with Gasteiger partial charge in [-0.05, 0) is 80.7 Å². The predicted octanol–water partition coefficient (Wildman–Crippen LogP) is 3.03. The Bertz CT molecular complexity index is 1030. The maximum atomic E-state index is 13.2. The molecular weight excluding hydrogens is 436 g/mol. The van der Waals surface area contributed by atoms with E-state index in [9.17, 15) is 4.79 Å². The molecule has 3 N–H and O–H groups in total. The van der Waals surface area contributed by atoms with Crippen LogP contribution in [0.25, 0.3) is 0 Å². The first-order valence-electron chi connectivity index (χ1n) is 13.4. The van der Waals surface area contributed by atoms with E-state index in [0.717, 1.165) is 57.6 Å². The van der Waals surface area contributed by atoms with Crippen molar-refractivity contribution in [2.75, 3.05) is 26.2 Å². The topological polar surface area (TPSA) is 72.5 Å². The summed E-state index contributed by atoms with van der Waals surface area (Å²) in [5, 5.41) is 3.41. The molecule has 0 spiro atoms. The number of hydrogen-bond acceptors (Lipinski definition) is 5. The van der Waals surface area contributed by atoms with Crippen molar-refractivity contribution in [1.29, 1.82) is 0 Å². The summed E-state index contributed by atoms with van der Waals surface area (Å²) in [5.74, 6) is 1.03. The largest absolute Gasteiger partial charge is 0.335 e. The molecule has 2 aromatic rings. The third-order valence-corrected chi connectivity index (χ3v) is 8.78. The van der Waals surface area contributed by atoms with Crippen LogP contribution < -0.4 is 16.2 Å². The molecule has 6 rings (SSSR count). The lowest BCUT2D eigenvalue weighted by Crippen LogP contribution is -2.64. The van der Waals surface area contributed by atoms with Gasteiger partial charge in [-0.1, -0.05) is 30.3 Å². The Morgan fingerprint density at radius 3 is 2.80 bits per heavy atom. The third-order valence-electron chi connectivity index (χ3n) is 8.78. The van der Waals surface area contributed by atoms with Crippen molar-refractivity contribution < 1.29 is 4.79 Å². The summed E-state index contributed by atoms with van der Waals surface area (Å²) in [7, 11) is 0. The minimum atomic E-state index is 0.145. The number of urea groups is 1. The molecule has 5 unspecified atom stereocenters. The molecule has 0 bridgehead atoms. The Balaban J connectivity index is 1.10. The summed E-state index contributed by atoms with van der Waals surface area (Å²) in [4.78, 5) is 22.3. The van der Waals surface area contributed by atoms with Gasteiger partial charge in [-0.25, -0.2) is 10.2 Å². The maximum Gasteiger partial charge on any atom is 0.317 e. The lowest BCUT2D eigenvalue weighted by molar-refractivity contribution is 0.0542. The monoisotopic (exact) mass is 474 g/mol. The van der Waals surface area contributed by atoms with E-state index in [1.54, 1.807) is 0 Å². The van der Waals surface area contributed by atoms with E-state index < -0.39 is 0 Å². The number of carbonyl (C=O) groups excluding carboxylic acids is 1. The van der Waals surface area contributed by atoms with Gasteiger partial charge in [0, 0.05) is 49.7 Å². The molecule has 186 valence electrons. The summed E-state index contributed by atoms with van der Waals surface area (Å²) < 4.78 is 0. The van der Waals surface area contributed by atoms with Crippen LogP contribution in [0.1, 0.15) is 48.5 Å². The molecule has 1 aromatic heterocycles. The first kappa shape index (κ1) is 23.0. The van der Waals surface area contributed by atoms with E-state index >= 15 is 0 Å². The van der Waals surface area contributed by atoms with Gasteiger partial charge in [-0.15, -0.1) is 0 Å². The first-order valence-corrected chi connectivity index (χ1v) is 13.4. The number of hydrogen-bond donors (Lipinski definition) is 3. The fourth-order valence-corrected chi connectivity index (χ4v) is 6.94. The number of aromatic nitrogens is 1. The van der Waals surface area contributed by atoms with Gasteiger partial charge in [0.15, 0.2) is 0 Å². The lowest BCUT2D eigenvalue weighted by atomic mass is 9.71. The third kappa shape index (κ3) is 4.82. The van der Waals surface area contributed by atoms with Gasteiger partial charge in [0.2, 0.25) is 0 Å². The molecular formula is C28H38N6O. The number of aryl methyl sites for hydroxylation is 1. The number of fused-ring (bicyclic) bond motifs is 2. The highest BCUT2D eigenvalue weighted by molar-refractivity contribution is 5.76. The van der Waals surface area contributed by atoms with Crippen LogP contribution in [0.2, 0.25) is 0 Å². The van der Waals surface area contributed by atoms with Crippen LogP contribution in [-0.2, 0) is 6.42 Å². The standard InChI is InChI=1S/C28H38N6O/c1-19-14-21(9-11-29-19)27-24-15-22-17-34(28(35)30-25(22)16-26(24)31-32-27)23-8-5-12-33(18-23)13-10-20-6-3-2-4-7-20/h2-4,6-7,9,11,14,22-27,31-32H,5,8,10,12-13,15-18H2,1H3,(H,30,35)/t22?,23-,24?,25?,26?,27?/m1/s1. The second-order valence-corrected chi connectivity index (χ2v) is 11.0. The Kier molecular flexibility index (Phi) is 6.48. The zero-order valence-corrected chi connectivity index (χ0v) is 20.7. The van der Waals surface area contributed by atoms with Crippen molar-refractivity contribution in [1.82, 2.24) is 31.0 Å². The number of nitrogens with one attached hydrogen (secondary N) is 3. The second-order valence-electron chi connectivity index (χ2n) is 11.0. The van der Waals surface area contributed by atoms with Crippen molar-refractivity contribution in [2.45, 2.75) is 63.2 Å². The number of amides is 2. The van der Waals surface area contributed by atoms with Crippen LogP contribution in [-0.4, -0.2) is 65.1 Å². The van der Waals surface area contributed by atoms with E-state index in [1.807, 2.05) is 6.20 Å². The van der Waals surface area contributed by atoms with Crippen molar-refractivity contribution in [3.05, 3.63) is 65.5 Å². The fourth-order valence-electron chi connectivity index (χ4n) is 6.94. The van der Waals surface area contributed by atoms with Gasteiger partial charge < -0.3 is 15.1 Å². The molecule has 3 saturated heterocycles. The zero-order valence-electron chi connectivity index (χ0n) is 20.7. The van der Waals surface area contributed by atoms with Crippen LogP contribution in [0.4, 0.5) is 4.79 Å². The van der Waals surface area contributed by atoms with E-state index in [0.29, 0.717) is 30.0 Å². The Hall–Kier alpha value is -2.48. The number of carbonyl (C=O) groups is 1. The van der Waals surface area contributed by atoms with E-state index in [-0.39, 0.29) is 12.1 Å². The second kappa shape index (κ2) is 9.88. The molecule has 3 aliphatic heterocycles. The van der Waals surface area contributed by atoms with E-state index in [4.69, 9.17) is 0 Å². The Labute approximate surface area is 208 Å². The molecule has 4 aliphatic rings. The number of piperidine rings is 1. The molecule has 1 aliphatic carbocycles. The van der Waals surface area contributed by atoms with Gasteiger partial charge >= 0.3 is 6.03 Å². The van der Waals surface area contributed by atoms with Crippen LogP contribution in [0.5, 0.6) is 0 Å². The molecule has 2 amide bonds. The van der Waals surface area contributed by atoms with Crippen molar-refractivity contribution >= 4 is 6.03 Å². The smallest absolute Gasteiger partial charge is 0.317 e. The van der Waals surface area contributed by atoms with Crippen LogP contribution in [0.15, 0.2) is 48.7 Å². The number of benzene rings is 1. The van der Waals surface area contributed by atoms with Crippen LogP contribution >= 0.6 is 0 Å². The molecule has 1 aromatic carbocycles. The van der Waals surface area contributed by atoms with Crippen molar-refractivity contribution in [2.24, 2.45) is 11.8 Å². The Morgan fingerprint density at radius 2 is 1.94 bits per heavy atom. The fraction of sp³-hybridized carbons (Fsp3) is 0.571. The Morgan fingerprint density at radius 1 is 1.06 bits per heavy atom. The zero-order chi connectivity index (χ0) is 23.8. The highest BCUT2D eigenvalue weighted by Crippen LogP contribution is 2.42. The molecule has 35 heavy (non-hydrogen) atoms.